The van der Waals surface area contributed by atoms with Crippen LogP contribution >= 0.6 is 27.7 Å². The molecule has 82 valence electrons. The number of nitrogens with two attached hydrogens (primary N) is 1. The van der Waals surface area contributed by atoms with Gasteiger partial charge in [0.15, 0.2) is 0 Å². The Kier molecular flexibility index (Phi) is 3.93. The highest BCUT2D eigenvalue weighted by atomic mass is 79.9. The summed E-state index contributed by atoms with van der Waals surface area (Å²) in [7, 11) is 0. The lowest BCUT2D eigenvalue weighted by Gasteiger charge is -2.02. The molecule has 2 N–H and O–H groups in total. The van der Waals surface area contributed by atoms with Gasteiger partial charge in [-0.15, -0.1) is 0 Å². The van der Waals surface area contributed by atoms with Crippen molar-refractivity contribution < 1.29 is 0 Å². The first-order chi connectivity index (χ1) is 7.79. The summed E-state index contributed by atoms with van der Waals surface area (Å²) in [5.74, 6) is 0. The minimum atomic E-state index is 0.519. The largest absolute Gasteiger partial charge is 0.326 e. The Balaban J connectivity index is 2.18. The first kappa shape index (κ1) is 11.6. The number of pyridine rings is 2. The van der Waals surface area contributed by atoms with Crippen molar-refractivity contribution in [3.63, 3.8) is 0 Å². The minimum absolute atomic E-state index is 0.519. The van der Waals surface area contributed by atoms with Gasteiger partial charge in [0.05, 0.1) is 4.47 Å². The third-order valence-electron chi connectivity index (χ3n) is 1.96. The molecule has 2 rings (SSSR count). The van der Waals surface area contributed by atoms with Crippen molar-refractivity contribution in [3.8, 4) is 0 Å². The van der Waals surface area contributed by atoms with E-state index < -0.39 is 0 Å². The molecule has 0 bridgehead atoms. The molecule has 2 aromatic heterocycles. The van der Waals surface area contributed by atoms with Crippen LogP contribution in [-0.4, -0.2) is 9.97 Å². The molecule has 2 heterocycles. The zero-order valence-electron chi connectivity index (χ0n) is 8.43. The van der Waals surface area contributed by atoms with Crippen LogP contribution in [0.1, 0.15) is 5.56 Å². The molecule has 16 heavy (non-hydrogen) atoms. The van der Waals surface area contributed by atoms with Gasteiger partial charge in [0.2, 0.25) is 0 Å². The van der Waals surface area contributed by atoms with E-state index in [4.69, 9.17) is 5.73 Å². The summed E-state index contributed by atoms with van der Waals surface area (Å²) in [4.78, 5) is 8.58. The van der Waals surface area contributed by atoms with Gasteiger partial charge < -0.3 is 5.73 Å². The van der Waals surface area contributed by atoms with Crippen LogP contribution in [0.4, 0.5) is 0 Å². The maximum absolute atomic E-state index is 5.51. The van der Waals surface area contributed by atoms with Gasteiger partial charge in [0, 0.05) is 18.9 Å². The second kappa shape index (κ2) is 5.43. The van der Waals surface area contributed by atoms with Crippen molar-refractivity contribution in [2.45, 2.75) is 16.6 Å². The van der Waals surface area contributed by atoms with Crippen LogP contribution in [-0.2, 0) is 6.54 Å². The van der Waals surface area contributed by atoms with E-state index in [2.05, 4.69) is 25.9 Å². The monoisotopic (exact) mass is 295 g/mol. The van der Waals surface area contributed by atoms with E-state index in [0.29, 0.717) is 6.54 Å². The van der Waals surface area contributed by atoms with Gasteiger partial charge in [-0.3, -0.25) is 0 Å². The lowest BCUT2D eigenvalue weighted by Crippen LogP contribution is -1.96. The molecule has 0 aliphatic rings. The predicted molar refractivity (Wildman–Crippen MR) is 68.2 cm³/mol. The highest BCUT2D eigenvalue weighted by Crippen LogP contribution is 2.29. The van der Waals surface area contributed by atoms with Gasteiger partial charge >= 0.3 is 0 Å². The van der Waals surface area contributed by atoms with Crippen molar-refractivity contribution >= 4 is 27.7 Å². The standard InChI is InChI=1S/C11H10BrN3S/c12-9-2-1-5-14-11(9)16-10-4-3-8(6-13)7-15-10/h1-5,7H,6,13H2. The summed E-state index contributed by atoms with van der Waals surface area (Å²) < 4.78 is 0.977. The molecule has 0 saturated heterocycles. The Hall–Kier alpha value is -0.910. The van der Waals surface area contributed by atoms with E-state index in [1.807, 2.05) is 24.3 Å². The van der Waals surface area contributed by atoms with Gasteiger partial charge in [-0.05, 0) is 51.5 Å². The van der Waals surface area contributed by atoms with Crippen molar-refractivity contribution in [1.29, 1.82) is 0 Å². The van der Waals surface area contributed by atoms with Crippen molar-refractivity contribution in [2.75, 3.05) is 0 Å². The molecule has 0 spiro atoms. The molecule has 0 fully saturated rings. The van der Waals surface area contributed by atoms with Gasteiger partial charge in [-0.2, -0.15) is 0 Å². The Bertz CT molecular complexity index is 473. The third kappa shape index (κ3) is 2.81. The summed E-state index contributed by atoms with van der Waals surface area (Å²) in [6.45, 7) is 0.519. The van der Waals surface area contributed by atoms with Crippen molar-refractivity contribution in [3.05, 3.63) is 46.7 Å². The molecule has 0 radical (unpaired) electrons. The smallest absolute Gasteiger partial charge is 0.116 e. The lowest BCUT2D eigenvalue weighted by atomic mass is 10.3. The molecule has 0 atom stereocenters. The van der Waals surface area contributed by atoms with Crippen molar-refractivity contribution in [1.82, 2.24) is 9.97 Å². The van der Waals surface area contributed by atoms with E-state index in [9.17, 15) is 0 Å². The summed E-state index contributed by atoms with van der Waals surface area (Å²) in [6, 6.07) is 7.78. The van der Waals surface area contributed by atoms with Gasteiger partial charge in [-0.1, -0.05) is 6.07 Å². The van der Waals surface area contributed by atoms with Gasteiger partial charge in [0.1, 0.15) is 10.1 Å². The van der Waals surface area contributed by atoms with Crippen molar-refractivity contribution in [2.24, 2.45) is 5.73 Å². The molecule has 0 aliphatic carbocycles. The second-order valence-electron chi connectivity index (χ2n) is 3.10. The Morgan fingerprint density at radius 3 is 2.75 bits per heavy atom. The fourth-order valence-electron chi connectivity index (χ4n) is 1.14. The number of hydrogen-bond donors (Lipinski definition) is 1. The van der Waals surface area contributed by atoms with Crippen LogP contribution in [0.25, 0.3) is 0 Å². The fraction of sp³-hybridized carbons (Fsp3) is 0.0909. The Labute approximate surface area is 107 Å². The van der Waals surface area contributed by atoms with E-state index >= 15 is 0 Å². The number of nitrogens with zero attached hydrogens (tertiary/aromatic N) is 2. The predicted octanol–water partition coefficient (Wildman–Crippen LogP) is 2.85. The summed E-state index contributed by atoms with van der Waals surface area (Å²) >= 11 is 4.97. The van der Waals surface area contributed by atoms with Crippen LogP contribution < -0.4 is 5.73 Å². The van der Waals surface area contributed by atoms with Crippen LogP contribution in [0.3, 0.4) is 0 Å². The number of rotatable bonds is 3. The molecular weight excluding hydrogens is 286 g/mol. The van der Waals surface area contributed by atoms with Crippen LogP contribution in [0.2, 0.25) is 0 Å². The van der Waals surface area contributed by atoms with E-state index in [1.54, 1.807) is 12.4 Å². The molecule has 0 aliphatic heterocycles. The summed E-state index contributed by atoms with van der Waals surface area (Å²) in [6.07, 6.45) is 3.56. The number of aromatic nitrogens is 2. The van der Waals surface area contributed by atoms with Crippen LogP contribution in [0.15, 0.2) is 51.2 Å². The van der Waals surface area contributed by atoms with Gasteiger partial charge in [-0.25, -0.2) is 9.97 Å². The lowest BCUT2D eigenvalue weighted by molar-refractivity contribution is 1.01. The SMILES string of the molecule is NCc1ccc(Sc2ncccc2Br)nc1. The molecular formula is C11H10BrN3S. The van der Waals surface area contributed by atoms with Crippen LogP contribution in [0, 0.1) is 0 Å². The molecule has 0 unspecified atom stereocenters. The van der Waals surface area contributed by atoms with E-state index in [1.165, 1.54) is 11.8 Å². The number of halogens is 1. The molecule has 0 aromatic carbocycles. The normalized spacial score (nSPS) is 10.4. The van der Waals surface area contributed by atoms with E-state index in [-0.39, 0.29) is 0 Å². The average molecular weight is 296 g/mol. The summed E-state index contributed by atoms with van der Waals surface area (Å²) in [5, 5.41) is 1.83. The van der Waals surface area contributed by atoms with E-state index in [0.717, 1.165) is 20.1 Å². The Morgan fingerprint density at radius 1 is 1.25 bits per heavy atom. The molecule has 0 saturated carbocycles. The quantitative estimate of drug-likeness (QED) is 0.946. The van der Waals surface area contributed by atoms with Gasteiger partial charge in [0.25, 0.3) is 0 Å². The molecule has 5 heteroatoms. The maximum Gasteiger partial charge on any atom is 0.116 e. The average Bonchev–Trinajstić information content (AvgIpc) is 2.33. The third-order valence-corrected chi connectivity index (χ3v) is 3.83. The highest BCUT2D eigenvalue weighted by molar-refractivity contribution is 9.10. The first-order valence-electron chi connectivity index (χ1n) is 4.73. The minimum Gasteiger partial charge on any atom is -0.326 e. The zero-order chi connectivity index (χ0) is 11.4. The molecule has 3 nitrogen and oxygen atoms in total. The summed E-state index contributed by atoms with van der Waals surface area (Å²) in [5.41, 5.74) is 6.54. The number of hydrogen-bond acceptors (Lipinski definition) is 4. The molecule has 2 aromatic rings. The maximum atomic E-state index is 5.51. The fourth-order valence-corrected chi connectivity index (χ4v) is 2.35. The molecule has 0 amide bonds. The first-order valence-corrected chi connectivity index (χ1v) is 6.34. The van der Waals surface area contributed by atoms with Crippen LogP contribution in [0.5, 0.6) is 0 Å². The highest BCUT2D eigenvalue weighted by Gasteiger charge is 2.03. The second-order valence-corrected chi connectivity index (χ2v) is 4.96. The Morgan fingerprint density at radius 2 is 2.12 bits per heavy atom. The topological polar surface area (TPSA) is 51.8 Å². The zero-order valence-corrected chi connectivity index (χ0v) is 10.8.